The lowest BCUT2D eigenvalue weighted by Crippen LogP contribution is -2.32. The highest BCUT2D eigenvalue weighted by Crippen LogP contribution is 2.37. The van der Waals surface area contributed by atoms with E-state index in [2.05, 4.69) is 20.7 Å². The minimum absolute atomic E-state index is 0.0746. The number of hydrogen-bond acceptors (Lipinski definition) is 4. The number of benzene rings is 1. The van der Waals surface area contributed by atoms with Gasteiger partial charge in [0.05, 0.1) is 12.3 Å². The Morgan fingerprint density at radius 1 is 1.45 bits per heavy atom. The smallest absolute Gasteiger partial charge is 0.242 e. The number of methoxy groups -OCH3 is 1. The molecule has 0 aromatic heterocycles. The molecule has 0 fully saturated rings. The first-order chi connectivity index (χ1) is 10.4. The summed E-state index contributed by atoms with van der Waals surface area (Å²) in [5.41, 5.74) is 1.36. The van der Waals surface area contributed by atoms with Gasteiger partial charge in [-0.25, -0.2) is 13.1 Å². The van der Waals surface area contributed by atoms with Crippen molar-refractivity contribution in [3.63, 3.8) is 0 Å². The highest BCUT2D eigenvalue weighted by Gasteiger charge is 2.31. The van der Waals surface area contributed by atoms with Crippen LogP contribution in [0.1, 0.15) is 18.9 Å². The molecule has 6 nitrogen and oxygen atoms in total. The molecule has 122 valence electrons. The molecule has 1 aliphatic heterocycles. The topological polar surface area (TPSA) is 75.7 Å². The SMILES string of the molecule is CCC(=O)N1CCc2cc(Br)cc(S(=O)(=O)NCCOC)c21. The number of nitrogens with one attached hydrogen (secondary N) is 1. The van der Waals surface area contributed by atoms with Crippen molar-refractivity contribution >= 4 is 37.5 Å². The van der Waals surface area contributed by atoms with Gasteiger partial charge in [0.1, 0.15) is 4.90 Å². The second-order valence-corrected chi connectivity index (χ2v) is 7.60. The van der Waals surface area contributed by atoms with Gasteiger partial charge in [0, 0.05) is 31.1 Å². The van der Waals surface area contributed by atoms with Crippen molar-refractivity contribution in [3.8, 4) is 0 Å². The van der Waals surface area contributed by atoms with Crippen LogP contribution in [0.5, 0.6) is 0 Å². The van der Waals surface area contributed by atoms with Gasteiger partial charge in [0.25, 0.3) is 0 Å². The molecule has 0 bridgehead atoms. The molecule has 22 heavy (non-hydrogen) atoms. The number of carbonyl (C=O) groups is 1. The van der Waals surface area contributed by atoms with E-state index in [9.17, 15) is 13.2 Å². The zero-order valence-corrected chi connectivity index (χ0v) is 15.0. The van der Waals surface area contributed by atoms with Crippen LogP contribution in [0.3, 0.4) is 0 Å². The Hall–Kier alpha value is -0.960. The van der Waals surface area contributed by atoms with Crippen LogP contribution in [-0.2, 0) is 26.0 Å². The van der Waals surface area contributed by atoms with Gasteiger partial charge in [-0.3, -0.25) is 4.79 Å². The number of rotatable bonds is 6. The maximum absolute atomic E-state index is 12.5. The number of fused-ring (bicyclic) bond motifs is 1. The Morgan fingerprint density at radius 3 is 2.82 bits per heavy atom. The van der Waals surface area contributed by atoms with Crippen molar-refractivity contribution in [1.82, 2.24) is 4.72 Å². The zero-order chi connectivity index (χ0) is 16.3. The molecule has 0 saturated carbocycles. The summed E-state index contributed by atoms with van der Waals surface area (Å²) in [6.45, 7) is 2.75. The molecule has 1 N–H and O–H groups in total. The van der Waals surface area contributed by atoms with Crippen LogP contribution in [0.15, 0.2) is 21.5 Å². The van der Waals surface area contributed by atoms with E-state index in [1.165, 1.54) is 13.2 Å². The van der Waals surface area contributed by atoms with Gasteiger partial charge in [-0.15, -0.1) is 0 Å². The van der Waals surface area contributed by atoms with E-state index in [1.54, 1.807) is 11.8 Å². The fourth-order valence-corrected chi connectivity index (χ4v) is 4.41. The van der Waals surface area contributed by atoms with Gasteiger partial charge < -0.3 is 9.64 Å². The van der Waals surface area contributed by atoms with Crippen molar-refractivity contribution in [2.24, 2.45) is 0 Å². The Balaban J connectivity index is 2.46. The van der Waals surface area contributed by atoms with Crippen LogP contribution in [0, 0.1) is 0 Å². The lowest BCUT2D eigenvalue weighted by molar-refractivity contribution is -0.118. The predicted octanol–water partition coefficient (Wildman–Crippen LogP) is 1.67. The molecule has 1 aromatic carbocycles. The molecule has 0 atom stereocenters. The number of halogens is 1. The number of sulfonamides is 1. The summed E-state index contributed by atoms with van der Waals surface area (Å²) in [6, 6.07) is 3.40. The molecular formula is C14H19BrN2O4S. The molecule has 1 amide bonds. The fourth-order valence-electron chi connectivity index (χ4n) is 2.47. The third-order valence-electron chi connectivity index (χ3n) is 3.48. The molecule has 1 heterocycles. The summed E-state index contributed by atoms with van der Waals surface area (Å²) in [7, 11) is -2.20. The summed E-state index contributed by atoms with van der Waals surface area (Å²) in [6.07, 6.45) is 0.993. The highest BCUT2D eigenvalue weighted by molar-refractivity contribution is 9.10. The second-order valence-electron chi connectivity index (χ2n) is 4.95. The summed E-state index contributed by atoms with van der Waals surface area (Å²) >= 11 is 3.34. The third-order valence-corrected chi connectivity index (χ3v) is 5.42. The van der Waals surface area contributed by atoms with E-state index in [4.69, 9.17) is 4.74 Å². The van der Waals surface area contributed by atoms with Crippen molar-refractivity contribution in [1.29, 1.82) is 0 Å². The van der Waals surface area contributed by atoms with Crippen LogP contribution in [0.4, 0.5) is 5.69 Å². The van der Waals surface area contributed by atoms with E-state index >= 15 is 0 Å². The van der Waals surface area contributed by atoms with E-state index in [0.717, 1.165) is 5.56 Å². The zero-order valence-electron chi connectivity index (χ0n) is 12.6. The number of amides is 1. The van der Waals surface area contributed by atoms with Crippen molar-refractivity contribution < 1.29 is 17.9 Å². The Morgan fingerprint density at radius 2 is 2.18 bits per heavy atom. The first-order valence-corrected chi connectivity index (χ1v) is 9.29. The summed E-state index contributed by atoms with van der Waals surface area (Å²) in [4.78, 5) is 13.8. The summed E-state index contributed by atoms with van der Waals surface area (Å²) < 4.78 is 33.1. The lowest BCUT2D eigenvalue weighted by Gasteiger charge is -2.20. The molecule has 0 radical (unpaired) electrons. The molecule has 2 rings (SSSR count). The number of anilines is 1. The van der Waals surface area contributed by atoms with Crippen LogP contribution in [0.25, 0.3) is 0 Å². The molecule has 0 spiro atoms. The normalized spacial score (nSPS) is 14.2. The maximum atomic E-state index is 12.5. The number of carbonyl (C=O) groups excluding carboxylic acids is 1. The molecule has 0 saturated heterocycles. The third kappa shape index (κ3) is 3.51. The van der Waals surface area contributed by atoms with Crippen molar-refractivity contribution in [3.05, 3.63) is 22.2 Å². The maximum Gasteiger partial charge on any atom is 0.242 e. The summed E-state index contributed by atoms with van der Waals surface area (Å²) in [5, 5.41) is 0. The van der Waals surface area contributed by atoms with E-state index < -0.39 is 10.0 Å². The number of hydrogen-bond donors (Lipinski definition) is 1. The quantitative estimate of drug-likeness (QED) is 0.749. The minimum Gasteiger partial charge on any atom is -0.383 e. The average Bonchev–Trinajstić information content (AvgIpc) is 2.89. The van der Waals surface area contributed by atoms with Crippen LogP contribution >= 0.6 is 15.9 Å². The standard InChI is InChI=1S/C14H19BrN2O4S/c1-3-13(18)17-6-4-10-8-11(15)9-12(14(10)17)22(19,20)16-5-7-21-2/h8-9,16H,3-7H2,1-2H3. The highest BCUT2D eigenvalue weighted by atomic mass is 79.9. The number of nitrogens with zero attached hydrogens (tertiary/aromatic N) is 1. The average molecular weight is 391 g/mol. The van der Waals surface area contributed by atoms with E-state index in [-0.39, 0.29) is 24.0 Å². The van der Waals surface area contributed by atoms with Crippen LogP contribution in [0.2, 0.25) is 0 Å². The van der Waals surface area contributed by atoms with Gasteiger partial charge in [0.15, 0.2) is 0 Å². The van der Waals surface area contributed by atoms with Gasteiger partial charge in [-0.1, -0.05) is 22.9 Å². The predicted molar refractivity (Wildman–Crippen MR) is 87.6 cm³/mol. The Bertz CT molecular complexity index is 676. The largest absolute Gasteiger partial charge is 0.383 e. The van der Waals surface area contributed by atoms with Gasteiger partial charge >= 0.3 is 0 Å². The first kappa shape index (κ1) is 17.4. The minimum atomic E-state index is -3.71. The monoisotopic (exact) mass is 390 g/mol. The lowest BCUT2D eigenvalue weighted by atomic mass is 10.2. The second kappa shape index (κ2) is 7.08. The van der Waals surface area contributed by atoms with E-state index in [1.807, 2.05) is 6.07 Å². The Labute approximate surface area is 139 Å². The fraction of sp³-hybridized carbons (Fsp3) is 0.500. The Kier molecular flexibility index (Phi) is 5.60. The molecule has 0 unspecified atom stereocenters. The molecule has 1 aliphatic rings. The summed E-state index contributed by atoms with van der Waals surface area (Å²) in [5.74, 6) is -0.0746. The number of ether oxygens (including phenoxy) is 1. The van der Waals surface area contributed by atoms with Gasteiger partial charge in [-0.05, 0) is 24.1 Å². The first-order valence-electron chi connectivity index (χ1n) is 7.02. The van der Waals surface area contributed by atoms with Crippen molar-refractivity contribution in [2.75, 3.05) is 31.7 Å². The van der Waals surface area contributed by atoms with Crippen LogP contribution < -0.4 is 9.62 Å². The molecular weight excluding hydrogens is 372 g/mol. The van der Waals surface area contributed by atoms with E-state index in [0.29, 0.717) is 29.5 Å². The molecule has 8 heteroatoms. The van der Waals surface area contributed by atoms with Crippen molar-refractivity contribution in [2.45, 2.75) is 24.7 Å². The molecule has 0 aliphatic carbocycles. The van der Waals surface area contributed by atoms with Crippen LogP contribution in [-0.4, -0.2) is 41.1 Å². The molecule has 1 aromatic rings. The van der Waals surface area contributed by atoms with Gasteiger partial charge in [0.2, 0.25) is 15.9 Å². The van der Waals surface area contributed by atoms with Gasteiger partial charge in [-0.2, -0.15) is 0 Å².